The van der Waals surface area contributed by atoms with E-state index in [4.69, 9.17) is 9.72 Å². The van der Waals surface area contributed by atoms with Crippen molar-refractivity contribution in [1.82, 2.24) is 14.4 Å². The number of pyridine rings is 1. The lowest BCUT2D eigenvalue weighted by Gasteiger charge is -2.07. The molecule has 0 amide bonds. The summed E-state index contributed by atoms with van der Waals surface area (Å²) in [5, 5.41) is 11.5. The van der Waals surface area contributed by atoms with Crippen LogP contribution in [-0.2, 0) is 6.42 Å². The third kappa shape index (κ3) is 3.29. The van der Waals surface area contributed by atoms with Gasteiger partial charge in [0, 0.05) is 28.9 Å². The molecule has 4 aromatic rings. The van der Waals surface area contributed by atoms with Crippen molar-refractivity contribution in [3.8, 4) is 34.3 Å². The van der Waals surface area contributed by atoms with E-state index in [0.717, 1.165) is 45.3 Å². The van der Waals surface area contributed by atoms with E-state index in [1.165, 1.54) is 0 Å². The molecule has 0 aliphatic rings. The summed E-state index contributed by atoms with van der Waals surface area (Å²) in [6, 6.07) is 14.1. The fourth-order valence-electron chi connectivity index (χ4n) is 3.03. The summed E-state index contributed by atoms with van der Waals surface area (Å²) < 4.78 is 7.73. The number of thiazole rings is 1. The summed E-state index contributed by atoms with van der Waals surface area (Å²) in [5.74, 6) is 0.847. The highest BCUT2D eigenvalue weighted by Gasteiger charge is 2.18. The number of hydrogen-bond acceptors (Lipinski definition) is 5. The normalized spacial score (nSPS) is 10.8. The number of rotatable bonds is 6. The molecule has 27 heavy (non-hydrogen) atoms. The van der Waals surface area contributed by atoms with Crippen molar-refractivity contribution in [3.05, 3.63) is 59.9 Å². The summed E-state index contributed by atoms with van der Waals surface area (Å²) in [6.45, 7) is 2.79. The Hall–Kier alpha value is -3.17. The minimum atomic E-state index is 0.286. The van der Waals surface area contributed by atoms with Crippen molar-refractivity contribution in [1.29, 1.82) is 5.26 Å². The summed E-state index contributed by atoms with van der Waals surface area (Å²) in [4.78, 5) is 9.90. The molecule has 0 aliphatic heterocycles. The first-order valence-corrected chi connectivity index (χ1v) is 9.69. The van der Waals surface area contributed by atoms with Crippen LogP contribution in [0.15, 0.2) is 54.2 Å². The molecule has 4 rings (SSSR count). The third-order valence-electron chi connectivity index (χ3n) is 4.26. The quantitative estimate of drug-likeness (QED) is 0.477. The summed E-state index contributed by atoms with van der Waals surface area (Å²) in [5.41, 5.74) is 4.74. The first kappa shape index (κ1) is 17.3. The first-order valence-electron chi connectivity index (χ1n) is 8.81. The molecule has 0 saturated heterocycles. The fourth-order valence-corrected chi connectivity index (χ4v) is 3.95. The molecule has 0 N–H and O–H groups in total. The first-order chi connectivity index (χ1) is 13.3. The van der Waals surface area contributed by atoms with E-state index in [1.807, 2.05) is 42.6 Å². The van der Waals surface area contributed by atoms with Crippen molar-refractivity contribution < 1.29 is 4.74 Å². The van der Waals surface area contributed by atoms with Gasteiger partial charge in [-0.15, -0.1) is 11.3 Å². The smallest absolute Gasteiger partial charge is 0.194 e. The SMILES string of the molecule is CCCOc1ccc(-c2nc3scc(-c4cccnc4)n3c2CC#N)cc1. The standard InChI is InChI=1S/C21H18N4OS/c1-2-12-26-17-7-5-15(6-8-17)20-18(9-10-22)25-19(14-27-21(25)24-20)16-4-3-11-23-13-16/h3-8,11,13-14H,2,9,12H2,1H3. The number of ether oxygens (including phenoxy) is 1. The molecule has 134 valence electrons. The molecule has 0 atom stereocenters. The van der Waals surface area contributed by atoms with Gasteiger partial charge in [0.05, 0.1) is 36.2 Å². The monoisotopic (exact) mass is 374 g/mol. The number of fused-ring (bicyclic) bond motifs is 1. The molecular weight excluding hydrogens is 356 g/mol. The minimum Gasteiger partial charge on any atom is -0.494 e. The van der Waals surface area contributed by atoms with Crippen LogP contribution < -0.4 is 4.74 Å². The molecule has 0 fully saturated rings. The lowest BCUT2D eigenvalue weighted by Crippen LogP contribution is -1.96. The molecular formula is C21H18N4OS. The molecule has 5 nitrogen and oxygen atoms in total. The highest BCUT2D eigenvalue weighted by atomic mass is 32.1. The lowest BCUT2D eigenvalue weighted by molar-refractivity contribution is 0.317. The Morgan fingerprint density at radius 1 is 1.19 bits per heavy atom. The predicted molar refractivity (Wildman–Crippen MR) is 107 cm³/mol. The number of aromatic nitrogens is 3. The maximum atomic E-state index is 9.39. The van der Waals surface area contributed by atoms with Gasteiger partial charge in [0.1, 0.15) is 5.75 Å². The zero-order valence-corrected chi connectivity index (χ0v) is 15.7. The number of imidazole rings is 1. The summed E-state index contributed by atoms with van der Waals surface area (Å²) in [7, 11) is 0. The predicted octanol–water partition coefficient (Wildman–Crippen LogP) is 4.98. The van der Waals surface area contributed by atoms with Crippen LogP contribution in [0.1, 0.15) is 19.0 Å². The van der Waals surface area contributed by atoms with Gasteiger partial charge in [-0.2, -0.15) is 5.26 Å². The lowest BCUT2D eigenvalue weighted by atomic mass is 10.1. The molecule has 0 bridgehead atoms. The van der Waals surface area contributed by atoms with E-state index in [2.05, 4.69) is 27.8 Å². The van der Waals surface area contributed by atoms with Gasteiger partial charge < -0.3 is 4.74 Å². The molecule has 3 heterocycles. The van der Waals surface area contributed by atoms with Crippen LogP contribution in [0.3, 0.4) is 0 Å². The highest BCUT2D eigenvalue weighted by molar-refractivity contribution is 7.15. The Labute approximate surface area is 161 Å². The van der Waals surface area contributed by atoms with Gasteiger partial charge in [0.15, 0.2) is 4.96 Å². The van der Waals surface area contributed by atoms with Gasteiger partial charge in [0.2, 0.25) is 0 Å². The zero-order chi connectivity index (χ0) is 18.6. The maximum absolute atomic E-state index is 9.39. The second-order valence-corrected chi connectivity index (χ2v) is 6.93. The van der Waals surface area contributed by atoms with Crippen LogP contribution in [0.5, 0.6) is 5.75 Å². The summed E-state index contributed by atoms with van der Waals surface area (Å²) >= 11 is 1.57. The van der Waals surface area contributed by atoms with Crippen LogP contribution in [0.4, 0.5) is 0 Å². The van der Waals surface area contributed by atoms with Crippen LogP contribution in [0.2, 0.25) is 0 Å². The Bertz CT molecular complexity index is 1090. The molecule has 0 saturated carbocycles. The van der Waals surface area contributed by atoms with Crippen LogP contribution >= 0.6 is 11.3 Å². The molecule has 0 spiro atoms. The second-order valence-electron chi connectivity index (χ2n) is 6.10. The molecule has 0 aliphatic carbocycles. The van der Waals surface area contributed by atoms with Gasteiger partial charge in [-0.3, -0.25) is 9.38 Å². The van der Waals surface area contributed by atoms with Crippen LogP contribution in [0.25, 0.3) is 27.5 Å². The molecule has 0 unspecified atom stereocenters. The number of hydrogen-bond donors (Lipinski definition) is 0. The Morgan fingerprint density at radius 3 is 2.74 bits per heavy atom. The average molecular weight is 374 g/mol. The van der Waals surface area contributed by atoms with Gasteiger partial charge in [-0.25, -0.2) is 4.98 Å². The van der Waals surface area contributed by atoms with E-state index >= 15 is 0 Å². The number of nitriles is 1. The van der Waals surface area contributed by atoms with E-state index in [9.17, 15) is 5.26 Å². The van der Waals surface area contributed by atoms with Crippen molar-refractivity contribution in [3.63, 3.8) is 0 Å². The highest BCUT2D eigenvalue weighted by Crippen LogP contribution is 2.33. The van der Waals surface area contributed by atoms with Crippen molar-refractivity contribution in [2.45, 2.75) is 19.8 Å². The summed E-state index contributed by atoms with van der Waals surface area (Å²) in [6.07, 6.45) is 4.85. The topological polar surface area (TPSA) is 63.2 Å². The minimum absolute atomic E-state index is 0.286. The van der Waals surface area contributed by atoms with Crippen LogP contribution in [-0.4, -0.2) is 21.0 Å². The van der Waals surface area contributed by atoms with Gasteiger partial charge >= 0.3 is 0 Å². The fraction of sp³-hybridized carbons (Fsp3) is 0.190. The van der Waals surface area contributed by atoms with Gasteiger partial charge in [0.25, 0.3) is 0 Å². The van der Waals surface area contributed by atoms with Crippen molar-refractivity contribution in [2.75, 3.05) is 6.61 Å². The second kappa shape index (κ2) is 7.60. The van der Waals surface area contributed by atoms with Crippen molar-refractivity contribution in [2.24, 2.45) is 0 Å². The Morgan fingerprint density at radius 2 is 2.04 bits per heavy atom. The Kier molecular flexibility index (Phi) is 4.86. The largest absolute Gasteiger partial charge is 0.494 e. The van der Waals surface area contributed by atoms with Gasteiger partial charge in [-0.05, 0) is 42.8 Å². The number of nitrogens with zero attached hydrogens (tertiary/aromatic N) is 4. The van der Waals surface area contributed by atoms with Gasteiger partial charge in [-0.1, -0.05) is 6.92 Å². The van der Waals surface area contributed by atoms with Crippen LogP contribution in [0, 0.1) is 11.3 Å². The molecule has 1 aromatic carbocycles. The van der Waals surface area contributed by atoms with E-state index < -0.39 is 0 Å². The molecule has 3 aromatic heterocycles. The molecule has 6 heteroatoms. The average Bonchev–Trinajstić information content (AvgIpc) is 3.28. The van der Waals surface area contributed by atoms with E-state index in [0.29, 0.717) is 6.61 Å². The Balaban J connectivity index is 1.81. The third-order valence-corrected chi connectivity index (χ3v) is 5.09. The zero-order valence-electron chi connectivity index (χ0n) is 14.9. The maximum Gasteiger partial charge on any atom is 0.194 e. The van der Waals surface area contributed by atoms with E-state index in [-0.39, 0.29) is 6.42 Å². The molecule has 0 radical (unpaired) electrons. The van der Waals surface area contributed by atoms with E-state index in [1.54, 1.807) is 17.5 Å². The van der Waals surface area contributed by atoms with Crippen molar-refractivity contribution >= 4 is 16.3 Å². The number of benzene rings is 1.